The van der Waals surface area contributed by atoms with Crippen molar-refractivity contribution in [1.82, 2.24) is 14.5 Å². The highest BCUT2D eigenvalue weighted by molar-refractivity contribution is 9.10. The van der Waals surface area contributed by atoms with Crippen LogP contribution in [0.5, 0.6) is 0 Å². The first kappa shape index (κ1) is 10.0. The summed E-state index contributed by atoms with van der Waals surface area (Å²) in [6.45, 7) is 0.660. The van der Waals surface area contributed by atoms with Gasteiger partial charge in [0, 0.05) is 23.1 Å². The van der Waals surface area contributed by atoms with Crippen LogP contribution in [-0.4, -0.2) is 20.8 Å². The van der Waals surface area contributed by atoms with Gasteiger partial charge in [-0.05, 0) is 27.6 Å². The predicted octanol–water partition coefficient (Wildman–Crippen LogP) is 1.90. The summed E-state index contributed by atoms with van der Waals surface area (Å²) in [6.07, 6.45) is 7.58. The monoisotopic (exact) mass is 265 g/mol. The summed E-state index contributed by atoms with van der Waals surface area (Å²) in [5.41, 5.74) is 1.50. The number of halogens is 1. The largest absolute Gasteiger partial charge is 0.332 e. The van der Waals surface area contributed by atoms with Gasteiger partial charge in [0.1, 0.15) is 5.69 Å². The van der Waals surface area contributed by atoms with Crippen LogP contribution in [0.4, 0.5) is 0 Å². The lowest BCUT2D eigenvalue weighted by Gasteiger charge is -2.01. The lowest BCUT2D eigenvalue weighted by atomic mass is 10.3. The molecule has 0 N–H and O–H groups in total. The first-order valence-electron chi connectivity index (χ1n) is 4.34. The number of imidazole rings is 1. The van der Waals surface area contributed by atoms with E-state index in [9.17, 15) is 4.79 Å². The van der Waals surface area contributed by atoms with E-state index in [0.29, 0.717) is 12.2 Å². The van der Waals surface area contributed by atoms with Crippen LogP contribution in [-0.2, 0) is 6.54 Å². The van der Waals surface area contributed by atoms with Gasteiger partial charge in [-0.3, -0.25) is 9.78 Å². The van der Waals surface area contributed by atoms with E-state index in [1.165, 1.54) is 0 Å². The maximum Gasteiger partial charge on any atom is 0.169 e. The average molecular weight is 266 g/mol. The smallest absolute Gasteiger partial charge is 0.169 e. The molecule has 0 aromatic carbocycles. The van der Waals surface area contributed by atoms with Crippen molar-refractivity contribution in [2.24, 2.45) is 0 Å². The molecular formula is C10H8BrN3O. The van der Waals surface area contributed by atoms with Crippen molar-refractivity contribution in [3.05, 3.63) is 46.7 Å². The second kappa shape index (κ2) is 4.35. The molecule has 15 heavy (non-hydrogen) atoms. The third-order valence-electron chi connectivity index (χ3n) is 1.90. The van der Waals surface area contributed by atoms with Gasteiger partial charge >= 0.3 is 0 Å². The second-order valence-electron chi connectivity index (χ2n) is 3.10. The summed E-state index contributed by atoms with van der Waals surface area (Å²) >= 11 is 3.35. The molecule has 0 saturated heterocycles. The van der Waals surface area contributed by atoms with Gasteiger partial charge in [-0.2, -0.15) is 0 Å². The van der Waals surface area contributed by atoms with E-state index in [-0.39, 0.29) is 0 Å². The van der Waals surface area contributed by atoms with Crippen LogP contribution in [0.3, 0.4) is 0 Å². The van der Waals surface area contributed by atoms with Crippen LogP contribution >= 0.6 is 15.9 Å². The molecule has 76 valence electrons. The first-order chi connectivity index (χ1) is 7.28. The molecule has 2 rings (SSSR count). The van der Waals surface area contributed by atoms with E-state index in [1.54, 1.807) is 24.9 Å². The summed E-state index contributed by atoms with van der Waals surface area (Å²) < 4.78 is 2.78. The van der Waals surface area contributed by atoms with Gasteiger partial charge in [-0.1, -0.05) is 0 Å². The minimum Gasteiger partial charge on any atom is -0.332 e. The third-order valence-corrected chi connectivity index (χ3v) is 2.33. The Bertz CT molecular complexity index is 481. The topological polar surface area (TPSA) is 47.8 Å². The molecular weight excluding hydrogens is 258 g/mol. The highest BCUT2D eigenvalue weighted by Crippen LogP contribution is 2.10. The molecule has 5 heteroatoms. The summed E-state index contributed by atoms with van der Waals surface area (Å²) in [5, 5.41) is 0. The predicted molar refractivity (Wildman–Crippen MR) is 58.7 cm³/mol. The maximum absolute atomic E-state index is 10.4. The highest BCUT2D eigenvalue weighted by Gasteiger charge is 1.99. The zero-order chi connectivity index (χ0) is 10.7. The summed E-state index contributed by atoms with van der Waals surface area (Å²) in [5.74, 6) is 0. The minimum atomic E-state index is 0.443. The standard InChI is InChI=1S/C10H8BrN3O/c11-9-1-8(2-12-3-9)4-14-5-10(6-15)13-7-14/h1-3,5-7H,4H2. The van der Waals surface area contributed by atoms with Crippen molar-refractivity contribution in [2.75, 3.05) is 0 Å². The van der Waals surface area contributed by atoms with Crippen LogP contribution in [0.15, 0.2) is 35.5 Å². The number of carbonyl (C=O) groups is 1. The molecule has 0 aliphatic carbocycles. The first-order valence-corrected chi connectivity index (χ1v) is 5.13. The molecule has 2 aromatic heterocycles. The molecule has 0 saturated carbocycles. The van der Waals surface area contributed by atoms with E-state index >= 15 is 0 Å². The van der Waals surface area contributed by atoms with Crippen LogP contribution in [0, 0.1) is 0 Å². The van der Waals surface area contributed by atoms with Crippen LogP contribution in [0.25, 0.3) is 0 Å². The fourth-order valence-electron chi connectivity index (χ4n) is 1.28. The van der Waals surface area contributed by atoms with Gasteiger partial charge in [0.2, 0.25) is 0 Å². The Hall–Kier alpha value is -1.49. The van der Waals surface area contributed by atoms with Crippen molar-refractivity contribution >= 4 is 22.2 Å². The molecule has 0 fully saturated rings. The van der Waals surface area contributed by atoms with Crippen LogP contribution in [0.1, 0.15) is 16.1 Å². The minimum absolute atomic E-state index is 0.443. The van der Waals surface area contributed by atoms with E-state index in [1.807, 2.05) is 10.6 Å². The molecule has 2 aromatic rings. The van der Waals surface area contributed by atoms with Crippen molar-refractivity contribution in [3.8, 4) is 0 Å². The summed E-state index contributed by atoms with van der Waals surface area (Å²) in [4.78, 5) is 18.4. The fourth-order valence-corrected chi connectivity index (χ4v) is 1.69. The molecule has 0 amide bonds. The van der Waals surface area contributed by atoms with Crippen molar-refractivity contribution in [1.29, 1.82) is 0 Å². The number of hydrogen-bond acceptors (Lipinski definition) is 3. The zero-order valence-electron chi connectivity index (χ0n) is 7.80. The molecule has 0 radical (unpaired) electrons. The number of hydrogen-bond donors (Lipinski definition) is 0. The Balaban J connectivity index is 2.18. The maximum atomic E-state index is 10.4. The number of pyridine rings is 1. The number of rotatable bonds is 3. The Labute approximate surface area is 95.1 Å². The molecule has 4 nitrogen and oxygen atoms in total. The van der Waals surface area contributed by atoms with E-state index < -0.39 is 0 Å². The Morgan fingerprint density at radius 1 is 1.47 bits per heavy atom. The lowest BCUT2D eigenvalue weighted by molar-refractivity contribution is 0.111. The fraction of sp³-hybridized carbons (Fsp3) is 0.100. The average Bonchev–Trinajstić information content (AvgIpc) is 2.65. The zero-order valence-corrected chi connectivity index (χ0v) is 9.39. The number of aromatic nitrogens is 3. The quantitative estimate of drug-likeness (QED) is 0.797. The highest BCUT2D eigenvalue weighted by atomic mass is 79.9. The van der Waals surface area contributed by atoms with Gasteiger partial charge in [0.25, 0.3) is 0 Å². The van der Waals surface area contributed by atoms with Gasteiger partial charge in [-0.15, -0.1) is 0 Å². The third kappa shape index (κ3) is 2.50. The SMILES string of the molecule is O=Cc1cn(Cc2cncc(Br)c2)cn1. The van der Waals surface area contributed by atoms with Crippen molar-refractivity contribution in [2.45, 2.75) is 6.54 Å². The van der Waals surface area contributed by atoms with Crippen molar-refractivity contribution < 1.29 is 4.79 Å². The molecule has 0 aliphatic heterocycles. The number of carbonyl (C=O) groups excluding carboxylic acids is 1. The van der Waals surface area contributed by atoms with Crippen LogP contribution in [0.2, 0.25) is 0 Å². The van der Waals surface area contributed by atoms with E-state index in [2.05, 4.69) is 25.9 Å². The molecule has 0 bridgehead atoms. The molecule has 2 heterocycles. The van der Waals surface area contributed by atoms with Gasteiger partial charge < -0.3 is 4.57 Å². The normalized spacial score (nSPS) is 10.2. The van der Waals surface area contributed by atoms with Crippen molar-refractivity contribution in [3.63, 3.8) is 0 Å². The molecule has 0 spiro atoms. The van der Waals surface area contributed by atoms with Crippen LogP contribution < -0.4 is 0 Å². The van der Waals surface area contributed by atoms with E-state index in [0.717, 1.165) is 16.3 Å². The molecule has 0 unspecified atom stereocenters. The van der Waals surface area contributed by atoms with Gasteiger partial charge in [0.05, 0.1) is 12.9 Å². The molecule has 0 atom stereocenters. The number of aldehydes is 1. The Morgan fingerprint density at radius 3 is 3.00 bits per heavy atom. The second-order valence-corrected chi connectivity index (χ2v) is 4.02. The Morgan fingerprint density at radius 2 is 2.33 bits per heavy atom. The molecule has 0 aliphatic rings. The van der Waals surface area contributed by atoms with Gasteiger partial charge in [-0.25, -0.2) is 4.98 Å². The lowest BCUT2D eigenvalue weighted by Crippen LogP contribution is -1.96. The summed E-state index contributed by atoms with van der Waals surface area (Å²) in [6, 6.07) is 1.98. The van der Waals surface area contributed by atoms with E-state index in [4.69, 9.17) is 0 Å². The summed E-state index contributed by atoms with van der Waals surface area (Å²) in [7, 11) is 0. The van der Waals surface area contributed by atoms with Gasteiger partial charge in [0.15, 0.2) is 6.29 Å². The Kier molecular flexibility index (Phi) is 2.91. The number of nitrogens with zero attached hydrogens (tertiary/aromatic N) is 3.